The molecule has 0 fully saturated rings. The first-order valence-corrected chi connectivity index (χ1v) is 41.5. The summed E-state index contributed by atoms with van der Waals surface area (Å²) in [5.74, 6) is -4.91. The Hall–Kier alpha value is -15.6. The van der Waals surface area contributed by atoms with Gasteiger partial charge in [0.25, 0.3) is 23.6 Å². The first kappa shape index (κ1) is 85.4. The standard InChI is InChI=1S/C104H92N8O14/c1-63(2)97(115)105-49-45-67-29-37-75(38-30-67)123-83-53-79-89-80(102(120)111(101(79)119)61-87(113)109(57-71-21-13-9-14-22-71)58-72-23-15-10-16-24-72)55-85(125-77-41-33-69(34-42-77)47-51-107-99(117)65(5)6)93-94-86(126-78-43-35-70(36-44-78)48-52-108-100(118)66(7)8)56-82-90-81(103(121)112(104(82)122)62-88(114)110(59-73-25-17-11-18-26-73)60-74-27-19-12-20-28-74)54-84(92(96(90)94)91(83)95(89)93)124-76-39-31-68(32-40-76)46-50-106-98(116)64(3)4/h9-44,53-56H,1,3,5,7,45-52,57-62H2,2,4,6,8H3,(H,105,115)(H,106,116)(H,107,117)(H,108,118). The summed E-state index contributed by atoms with van der Waals surface area (Å²) in [4.78, 5) is 153. The number of amides is 10. The van der Waals surface area contributed by atoms with Crippen LogP contribution in [0.4, 0.5) is 0 Å². The van der Waals surface area contributed by atoms with Crippen LogP contribution in [0.2, 0.25) is 0 Å². The molecule has 0 spiro atoms. The average molecular weight is 1680 g/mol. The third-order valence-corrected chi connectivity index (χ3v) is 22.2. The second kappa shape index (κ2) is 37.8. The molecule has 0 atom stereocenters. The molecule has 0 saturated heterocycles. The number of nitrogens with zero attached hydrogens (tertiary/aromatic N) is 4. The average Bonchev–Trinajstić information content (AvgIpc) is 0.670. The van der Waals surface area contributed by atoms with Crippen molar-refractivity contribution < 1.29 is 66.9 Å². The summed E-state index contributed by atoms with van der Waals surface area (Å²) < 4.78 is 29.4. The zero-order valence-corrected chi connectivity index (χ0v) is 70.3. The van der Waals surface area contributed by atoms with Gasteiger partial charge in [-0.1, -0.05) is 196 Å². The van der Waals surface area contributed by atoms with E-state index in [-0.39, 0.29) is 187 Å². The van der Waals surface area contributed by atoms with E-state index in [9.17, 15) is 19.2 Å². The highest BCUT2D eigenvalue weighted by Crippen LogP contribution is 2.58. The molecule has 13 aromatic carbocycles. The van der Waals surface area contributed by atoms with Crippen molar-refractivity contribution in [1.29, 1.82) is 0 Å². The van der Waals surface area contributed by atoms with Crippen molar-refractivity contribution in [3.8, 4) is 46.0 Å². The van der Waals surface area contributed by atoms with Crippen LogP contribution in [-0.2, 0) is 80.6 Å². The molecule has 126 heavy (non-hydrogen) atoms. The number of hydrogen-bond acceptors (Lipinski definition) is 14. The second-order valence-corrected chi connectivity index (χ2v) is 31.7. The van der Waals surface area contributed by atoms with Crippen LogP contribution in [0, 0.1) is 0 Å². The maximum atomic E-state index is 16.5. The number of carbonyl (C=O) groups is 10. The molecule has 10 amide bonds. The Morgan fingerprint density at radius 2 is 0.484 bits per heavy atom. The van der Waals surface area contributed by atoms with Gasteiger partial charge in [-0.2, -0.15) is 0 Å². The molecule has 0 aliphatic carbocycles. The molecule has 0 radical (unpaired) electrons. The van der Waals surface area contributed by atoms with E-state index in [1.807, 2.05) is 170 Å². The van der Waals surface area contributed by atoms with E-state index >= 15 is 28.8 Å². The number of carbonyl (C=O) groups excluding carboxylic acids is 10. The molecule has 2 aliphatic heterocycles. The molecule has 632 valence electrons. The van der Waals surface area contributed by atoms with Gasteiger partial charge in [0.15, 0.2) is 0 Å². The summed E-state index contributed by atoms with van der Waals surface area (Å²) in [7, 11) is 0. The van der Waals surface area contributed by atoms with E-state index in [1.54, 1.807) is 86.0 Å². The zero-order valence-electron chi connectivity index (χ0n) is 70.3. The minimum atomic E-state index is -0.863. The number of nitrogens with one attached hydrogen (secondary N) is 4. The number of hydrogen-bond donors (Lipinski definition) is 4. The fourth-order valence-corrected chi connectivity index (χ4v) is 15.7. The quantitative estimate of drug-likeness (QED) is 0.0123. The predicted octanol–water partition coefficient (Wildman–Crippen LogP) is 17.5. The summed E-state index contributed by atoms with van der Waals surface area (Å²) in [6, 6.07) is 72.0. The monoisotopic (exact) mass is 1680 g/mol. The molecule has 0 saturated carbocycles. The largest absolute Gasteiger partial charge is 0.457 e. The fraction of sp³-hybridized carbons (Fsp3) is 0.173. The van der Waals surface area contributed by atoms with Crippen LogP contribution < -0.4 is 40.2 Å². The van der Waals surface area contributed by atoms with E-state index in [4.69, 9.17) is 18.9 Å². The Morgan fingerprint density at radius 1 is 0.278 bits per heavy atom. The maximum Gasteiger partial charge on any atom is 0.262 e. The van der Waals surface area contributed by atoms with Gasteiger partial charge in [-0.25, -0.2) is 0 Å². The van der Waals surface area contributed by atoms with Crippen molar-refractivity contribution >= 4 is 102 Å². The number of benzene rings is 13. The Labute approximate surface area is 728 Å². The minimum Gasteiger partial charge on any atom is -0.457 e. The lowest BCUT2D eigenvalue weighted by atomic mass is 9.80. The molecule has 22 nitrogen and oxygen atoms in total. The van der Waals surface area contributed by atoms with Gasteiger partial charge in [-0.3, -0.25) is 57.7 Å². The number of fused-ring (bicyclic) bond motifs is 2. The Balaban J connectivity index is 1.00. The van der Waals surface area contributed by atoms with Crippen LogP contribution in [0.1, 0.15) is 114 Å². The van der Waals surface area contributed by atoms with E-state index in [2.05, 4.69) is 47.6 Å². The van der Waals surface area contributed by atoms with Crippen molar-refractivity contribution in [1.82, 2.24) is 40.9 Å². The van der Waals surface area contributed by atoms with Crippen LogP contribution in [-0.4, -0.2) is 118 Å². The van der Waals surface area contributed by atoms with Crippen molar-refractivity contribution in [2.45, 2.75) is 79.6 Å². The highest BCUT2D eigenvalue weighted by Gasteiger charge is 2.43. The molecule has 0 bridgehead atoms. The van der Waals surface area contributed by atoms with Gasteiger partial charge in [0, 0.05) is 118 Å². The molecule has 0 unspecified atom stereocenters. The Bertz CT molecular complexity index is 5740. The summed E-state index contributed by atoms with van der Waals surface area (Å²) in [5.41, 5.74) is 7.49. The lowest BCUT2D eigenvalue weighted by Gasteiger charge is -2.33. The zero-order chi connectivity index (χ0) is 88.4. The van der Waals surface area contributed by atoms with Gasteiger partial charge in [0.1, 0.15) is 59.1 Å². The minimum absolute atomic E-state index is 0.0198. The number of ether oxygens (including phenoxy) is 4. The molecule has 4 N–H and O–H groups in total. The normalized spacial score (nSPS) is 12.1. The summed E-state index contributed by atoms with van der Waals surface area (Å²) in [6.07, 6.45) is 1.63. The van der Waals surface area contributed by atoms with Gasteiger partial charge in [-0.15, -0.1) is 0 Å². The topological polar surface area (TPSA) is 269 Å². The summed E-state index contributed by atoms with van der Waals surface area (Å²) >= 11 is 0. The summed E-state index contributed by atoms with van der Waals surface area (Å²) in [6.45, 7) is 21.7. The van der Waals surface area contributed by atoms with Crippen LogP contribution in [0.3, 0.4) is 0 Å². The third-order valence-electron chi connectivity index (χ3n) is 22.2. The van der Waals surface area contributed by atoms with Gasteiger partial charge < -0.3 is 50.0 Å². The highest BCUT2D eigenvalue weighted by atomic mass is 16.5. The first-order chi connectivity index (χ1) is 60.9. The van der Waals surface area contributed by atoms with Crippen molar-refractivity contribution in [3.63, 3.8) is 0 Å². The van der Waals surface area contributed by atoms with E-state index in [0.29, 0.717) is 48.0 Å². The Morgan fingerprint density at radius 3 is 0.683 bits per heavy atom. The third kappa shape index (κ3) is 19.0. The molecular formula is C104H92N8O14. The Kier molecular flexibility index (Phi) is 25.6. The highest BCUT2D eigenvalue weighted by molar-refractivity contribution is 6.45. The molecule has 0 aromatic heterocycles. The molecule has 2 aliphatic rings. The SMILES string of the molecule is C=C(C)C(=O)NCCc1ccc(Oc2cc3c4c(cc(Oc5ccc(CCNC(=O)C(=C)C)cc5)c5c6c(Oc7ccc(CCNC(=O)C(=C)C)cc7)cc7c8c(cc(Oc9ccc(CCNC(=O)C(=C)C)cc9)c(c2c45)c86)C(=O)N(CC(=O)N(Cc2ccccc2)Cc2ccccc2)C7=O)C(=O)N(CC(=O)N(Cc2ccccc2)Cc2ccccc2)C3=O)cc1. The predicted molar refractivity (Wildman–Crippen MR) is 485 cm³/mol. The first-order valence-electron chi connectivity index (χ1n) is 41.5. The van der Waals surface area contributed by atoms with E-state index in [1.165, 1.54) is 24.3 Å². The van der Waals surface area contributed by atoms with Crippen LogP contribution in [0.5, 0.6) is 46.0 Å². The van der Waals surface area contributed by atoms with E-state index < -0.39 is 48.5 Å². The van der Waals surface area contributed by atoms with Gasteiger partial charge in [0.05, 0.1) is 22.3 Å². The van der Waals surface area contributed by atoms with Gasteiger partial charge >= 0.3 is 0 Å². The molecule has 13 aromatic rings. The fourth-order valence-electron chi connectivity index (χ4n) is 15.7. The van der Waals surface area contributed by atoms with Crippen LogP contribution >= 0.6 is 0 Å². The number of imide groups is 2. The van der Waals surface area contributed by atoms with Crippen molar-refractivity contribution in [2.24, 2.45) is 0 Å². The lowest BCUT2D eigenvalue weighted by molar-refractivity contribution is -0.133. The van der Waals surface area contributed by atoms with Gasteiger partial charge in [0.2, 0.25) is 35.4 Å². The molecular weight excluding hydrogens is 1590 g/mol. The van der Waals surface area contributed by atoms with Crippen LogP contribution in [0.25, 0.3) is 43.1 Å². The van der Waals surface area contributed by atoms with Crippen molar-refractivity contribution in [2.75, 3.05) is 39.3 Å². The molecule has 22 heteroatoms. The smallest absolute Gasteiger partial charge is 0.262 e. The lowest BCUT2D eigenvalue weighted by Crippen LogP contribution is -2.47. The van der Waals surface area contributed by atoms with E-state index in [0.717, 1.165) is 54.3 Å². The van der Waals surface area contributed by atoms with Crippen molar-refractivity contribution in [3.05, 3.63) is 358 Å². The molecule has 15 rings (SSSR count). The van der Waals surface area contributed by atoms with Crippen LogP contribution in [0.15, 0.2) is 291 Å². The van der Waals surface area contributed by atoms with Gasteiger partial charge in [-0.05, 0) is 171 Å². The maximum absolute atomic E-state index is 16.5. The molecule has 2 heterocycles. The second-order valence-electron chi connectivity index (χ2n) is 31.7. The number of rotatable bonds is 36. The summed E-state index contributed by atoms with van der Waals surface area (Å²) in [5, 5.41) is 12.8.